The molecule has 0 radical (unpaired) electrons. The van der Waals surface area contributed by atoms with Crippen molar-refractivity contribution in [2.45, 2.75) is 12.8 Å². The van der Waals surface area contributed by atoms with Gasteiger partial charge in [0.2, 0.25) is 0 Å². The molecule has 1 unspecified atom stereocenters. The molecule has 0 aliphatic carbocycles. The molecule has 0 saturated heterocycles. The van der Waals surface area contributed by atoms with E-state index in [0.717, 1.165) is 11.1 Å². The second-order valence-corrected chi connectivity index (χ2v) is 4.33. The second-order valence-electron chi connectivity index (χ2n) is 4.33. The van der Waals surface area contributed by atoms with Gasteiger partial charge in [0, 0.05) is 0 Å². The minimum Gasteiger partial charge on any atom is -0.494 e. The lowest BCUT2D eigenvalue weighted by molar-refractivity contribution is -0.129. The Hall–Kier alpha value is -2.33. The zero-order valence-corrected chi connectivity index (χ0v) is 11.2. The molecule has 1 atom stereocenters. The van der Waals surface area contributed by atoms with E-state index in [4.69, 9.17) is 9.94 Å². The number of hydrogen-bond donors (Lipinski definition) is 2. The largest absolute Gasteiger partial charge is 0.494 e. The normalized spacial score (nSPS) is 11.7. The van der Waals surface area contributed by atoms with Crippen molar-refractivity contribution in [1.82, 2.24) is 5.48 Å². The van der Waals surface area contributed by atoms with E-state index < -0.39 is 11.8 Å². The first-order valence-electron chi connectivity index (χ1n) is 6.48. The highest BCUT2D eigenvalue weighted by molar-refractivity contribution is 5.86. The van der Waals surface area contributed by atoms with E-state index in [-0.39, 0.29) is 0 Å². The summed E-state index contributed by atoms with van der Waals surface area (Å²) in [6.45, 7) is 2.47. The summed E-state index contributed by atoms with van der Waals surface area (Å²) < 4.78 is 5.45. The molecular formula is C16H17NO3. The lowest BCUT2D eigenvalue weighted by atomic mass is 9.90. The Morgan fingerprint density at radius 2 is 1.85 bits per heavy atom. The van der Waals surface area contributed by atoms with Gasteiger partial charge >= 0.3 is 0 Å². The number of carbonyl (C=O) groups is 1. The van der Waals surface area contributed by atoms with E-state index in [2.05, 4.69) is 0 Å². The van der Waals surface area contributed by atoms with Gasteiger partial charge in [-0.3, -0.25) is 10.0 Å². The molecule has 20 heavy (non-hydrogen) atoms. The van der Waals surface area contributed by atoms with Gasteiger partial charge in [0.1, 0.15) is 5.75 Å². The van der Waals surface area contributed by atoms with Crippen LogP contribution in [0.15, 0.2) is 54.6 Å². The minimum atomic E-state index is -0.568. The molecule has 0 aromatic heterocycles. The summed E-state index contributed by atoms with van der Waals surface area (Å²) in [5.41, 5.74) is 3.32. The molecule has 0 bridgehead atoms. The van der Waals surface area contributed by atoms with Crippen LogP contribution in [0.5, 0.6) is 5.75 Å². The third-order valence-electron chi connectivity index (χ3n) is 3.01. The summed E-state index contributed by atoms with van der Waals surface area (Å²) in [7, 11) is 0. The lowest BCUT2D eigenvalue weighted by Crippen LogP contribution is -2.27. The SMILES string of the molecule is CCOc1cccc(C(C(=O)NO)c2ccccc2)c1. The van der Waals surface area contributed by atoms with E-state index in [1.165, 1.54) is 0 Å². The van der Waals surface area contributed by atoms with Gasteiger partial charge in [-0.1, -0.05) is 42.5 Å². The van der Waals surface area contributed by atoms with Gasteiger partial charge in [-0.05, 0) is 30.2 Å². The molecule has 2 aromatic carbocycles. The van der Waals surface area contributed by atoms with E-state index in [1.807, 2.05) is 61.5 Å². The van der Waals surface area contributed by atoms with Gasteiger partial charge in [-0.15, -0.1) is 0 Å². The first kappa shape index (κ1) is 14.1. The average molecular weight is 271 g/mol. The van der Waals surface area contributed by atoms with Gasteiger partial charge < -0.3 is 4.74 Å². The fraction of sp³-hybridized carbons (Fsp3) is 0.188. The topological polar surface area (TPSA) is 58.6 Å². The van der Waals surface area contributed by atoms with Crippen LogP contribution in [0.2, 0.25) is 0 Å². The summed E-state index contributed by atoms with van der Waals surface area (Å²) in [5, 5.41) is 8.97. The molecule has 0 heterocycles. The Morgan fingerprint density at radius 1 is 1.15 bits per heavy atom. The van der Waals surface area contributed by atoms with E-state index in [0.29, 0.717) is 12.4 Å². The first-order valence-corrected chi connectivity index (χ1v) is 6.48. The molecule has 4 heteroatoms. The van der Waals surface area contributed by atoms with Crippen molar-refractivity contribution in [2.24, 2.45) is 0 Å². The van der Waals surface area contributed by atoms with Crippen LogP contribution in [0.25, 0.3) is 0 Å². The Bertz CT molecular complexity index is 569. The summed E-state index contributed by atoms with van der Waals surface area (Å²) in [4.78, 5) is 12.0. The van der Waals surface area contributed by atoms with Crippen molar-refractivity contribution in [2.75, 3.05) is 6.61 Å². The van der Waals surface area contributed by atoms with Crippen LogP contribution in [-0.2, 0) is 4.79 Å². The van der Waals surface area contributed by atoms with Crippen molar-refractivity contribution in [3.63, 3.8) is 0 Å². The number of hydroxylamine groups is 1. The number of rotatable bonds is 5. The number of amides is 1. The third-order valence-corrected chi connectivity index (χ3v) is 3.01. The van der Waals surface area contributed by atoms with Crippen LogP contribution < -0.4 is 10.2 Å². The Balaban J connectivity index is 2.41. The fourth-order valence-corrected chi connectivity index (χ4v) is 2.16. The molecule has 2 N–H and O–H groups in total. The number of hydrogen-bond acceptors (Lipinski definition) is 3. The molecule has 2 rings (SSSR count). The molecular weight excluding hydrogens is 254 g/mol. The molecule has 1 amide bonds. The number of benzene rings is 2. The Labute approximate surface area is 118 Å². The van der Waals surface area contributed by atoms with Crippen molar-refractivity contribution >= 4 is 5.91 Å². The maximum absolute atomic E-state index is 12.0. The van der Waals surface area contributed by atoms with Crippen LogP contribution in [0.1, 0.15) is 24.0 Å². The quantitative estimate of drug-likeness (QED) is 0.649. The second kappa shape index (κ2) is 6.73. The highest BCUT2D eigenvalue weighted by atomic mass is 16.5. The predicted molar refractivity (Wildman–Crippen MR) is 75.8 cm³/mol. The van der Waals surface area contributed by atoms with E-state index in [9.17, 15) is 4.79 Å². The highest BCUT2D eigenvalue weighted by Gasteiger charge is 2.22. The Kier molecular flexibility index (Phi) is 4.74. The predicted octanol–water partition coefficient (Wildman–Crippen LogP) is 2.72. The van der Waals surface area contributed by atoms with Crippen LogP contribution in [-0.4, -0.2) is 17.7 Å². The number of carbonyl (C=O) groups excluding carboxylic acids is 1. The zero-order valence-electron chi connectivity index (χ0n) is 11.2. The van der Waals surface area contributed by atoms with Crippen LogP contribution >= 0.6 is 0 Å². The molecule has 0 saturated carbocycles. The molecule has 0 fully saturated rings. The van der Waals surface area contributed by atoms with Crippen LogP contribution in [0.3, 0.4) is 0 Å². The Morgan fingerprint density at radius 3 is 2.50 bits per heavy atom. The van der Waals surface area contributed by atoms with E-state index in [1.54, 1.807) is 5.48 Å². The standard InChI is InChI=1S/C16H17NO3/c1-2-20-14-10-6-9-13(11-14)15(16(18)17-19)12-7-4-3-5-8-12/h3-11,15,19H,2H2,1H3,(H,17,18). The molecule has 0 spiro atoms. The zero-order chi connectivity index (χ0) is 14.4. The molecule has 104 valence electrons. The maximum Gasteiger partial charge on any atom is 0.255 e. The first-order chi connectivity index (χ1) is 9.76. The van der Waals surface area contributed by atoms with Gasteiger partial charge in [0.15, 0.2) is 0 Å². The monoisotopic (exact) mass is 271 g/mol. The minimum absolute atomic E-state index is 0.468. The van der Waals surface area contributed by atoms with Gasteiger partial charge in [0.05, 0.1) is 12.5 Å². The van der Waals surface area contributed by atoms with Crippen molar-refractivity contribution in [3.05, 3.63) is 65.7 Å². The van der Waals surface area contributed by atoms with Crippen molar-refractivity contribution < 1.29 is 14.7 Å². The summed E-state index contributed by atoms with van der Waals surface area (Å²) in [6, 6.07) is 16.6. The third kappa shape index (κ3) is 3.16. The molecule has 2 aromatic rings. The van der Waals surface area contributed by atoms with Crippen molar-refractivity contribution in [3.8, 4) is 5.75 Å². The maximum atomic E-state index is 12.0. The summed E-state index contributed by atoms with van der Waals surface area (Å²) >= 11 is 0. The van der Waals surface area contributed by atoms with Crippen LogP contribution in [0, 0.1) is 0 Å². The van der Waals surface area contributed by atoms with Gasteiger partial charge in [-0.2, -0.15) is 0 Å². The molecule has 0 aliphatic rings. The van der Waals surface area contributed by atoms with Gasteiger partial charge in [0.25, 0.3) is 5.91 Å². The van der Waals surface area contributed by atoms with Crippen molar-refractivity contribution in [1.29, 1.82) is 0 Å². The lowest BCUT2D eigenvalue weighted by Gasteiger charge is -2.16. The molecule has 0 aliphatic heterocycles. The average Bonchev–Trinajstić information content (AvgIpc) is 2.49. The highest BCUT2D eigenvalue weighted by Crippen LogP contribution is 2.27. The van der Waals surface area contributed by atoms with Gasteiger partial charge in [-0.25, -0.2) is 5.48 Å². The van der Waals surface area contributed by atoms with Crippen LogP contribution in [0.4, 0.5) is 0 Å². The fourth-order valence-electron chi connectivity index (χ4n) is 2.16. The van der Waals surface area contributed by atoms with E-state index >= 15 is 0 Å². The summed E-state index contributed by atoms with van der Waals surface area (Å²) in [6.07, 6.45) is 0. The number of nitrogens with one attached hydrogen (secondary N) is 1. The smallest absolute Gasteiger partial charge is 0.255 e. The summed E-state index contributed by atoms with van der Waals surface area (Å²) in [5.74, 6) is -0.330. The number of ether oxygens (including phenoxy) is 1. The molecule has 4 nitrogen and oxygen atoms in total.